The predicted octanol–water partition coefficient (Wildman–Crippen LogP) is 2.65. The lowest BCUT2D eigenvalue weighted by molar-refractivity contribution is -0.117. The van der Waals surface area contributed by atoms with E-state index in [0.29, 0.717) is 22.5 Å². The van der Waals surface area contributed by atoms with Crippen LogP contribution in [0.3, 0.4) is 0 Å². The lowest BCUT2D eigenvalue weighted by Crippen LogP contribution is -2.24. The van der Waals surface area contributed by atoms with Gasteiger partial charge in [0.25, 0.3) is 5.91 Å². The summed E-state index contributed by atoms with van der Waals surface area (Å²) in [5, 5.41) is 11.8. The van der Waals surface area contributed by atoms with Crippen molar-refractivity contribution in [2.24, 2.45) is 0 Å². The molecule has 0 saturated heterocycles. The maximum absolute atomic E-state index is 12.0. The van der Waals surface area contributed by atoms with Gasteiger partial charge < -0.3 is 11.1 Å². The van der Waals surface area contributed by atoms with Gasteiger partial charge in [0.1, 0.15) is 16.2 Å². The van der Waals surface area contributed by atoms with Crippen LogP contribution in [0.2, 0.25) is 0 Å². The monoisotopic (exact) mass is 356 g/mol. The number of anilines is 1. The number of amides is 1. The number of carbonyl (C=O) groups excluding carboxylic acids is 1. The molecule has 2 aromatic rings. The van der Waals surface area contributed by atoms with Crippen molar-refractivity contribution < 1.29 is 4.79 Å². The van der Waals surface area contributed by atoms with Crippen LogP contribution < -0.4 is 11.1 Å². The van der Waals surface area contributed by atoms with E-state index < -0.39 is 5.91 Å². The van der Waals surface area contributed by atoms with Crippen LogP contribution in [0.25, 0.3) is 6.08 Å². The Balaban J connectivity index is 2.08. The molecular weight excluding hydrogens is 344 g/mol. The Morgan fingerprint density at radius 3 is 2.82 bits per heavy atom. The van der Waals surface area contributed by atoms with Crippen LogP contribution in [0.5, 0.6) is 0 Å². The molecule has 0 bridgehead atoms. The van der Waals surface area contributed by atoms with Crippen molar-refractivity contribution in [1.82, 2.24) is 10.3 Å². The van der Waals surface area contributed by atoms with E-state index in [1.165, 1.54) is 6.08 Å². The summed E-state index contributed by atoms with van der Waals surface area (Å²) in [6.07, 6.45) is 1.44. The molecule has 0 aliphatic heterocycles. The third kappa shape index (κ3) is 4.43. The number of pyridine rings is 1. The summed E-state index contributed by atoms with van der Waals surface area (Å²) >= 11 is 3.24. The molecule has 2 rings (SSSR count). The quantitative estimate of drug-likeness (QED) is 0.381. The highest BCUT2D eigenvalue weighted by atomic mass is 79.9. The third-order valence-corrected chi connectivity index (χ3v) is 3.24. The maximum Gasteiger partial charge on any atom is 0.262 e. The van der Waals surface area contributed by atoms with Crippen molar-refractivity contribution in [3.63, 3.8) is 0 Å². The van der Waals surface area contributed by atoms with Crippen molar-refractivity contribution in [3.05, 3.63) is 63.9 Å². The van der Waals surface area contributed by atoms with Gasteiger partial charge in [-0.15, -0.1) is 0 Å². The normalized spacial score (nSPS) is 10.8. The van der Waals surface area contributed by atoms with E-state index >= 15 is 0 Å². The minimum atomic E-state index is -0.452. The number of nitrogen functional groups attached to an aromatic ring is 1. The van der Waals surface area contributed by atoms with Gasteiger partial charge in [-0.25, -0.2) is 4.98 Å². The summed E-state index contributed by atoms with van der Waals surface area (Å²) in [6, 6.07) is 14.3. The Hall–Kier alpha value is -2.65. The standard InChI is InChI=1S/C16H13BrN4O/c17-15-6-2-5-14(21-15)8-12(9-18)16(22)20-10-11-3-1-4-13(19)7-11/h1-8H,10,19H2,(H,20,22). The number of rotatable bonds is 4. The molecule has 3 N–H and O–H groups in total. The van der Waals surface area contributed by atoms with E-state index in [4.69, 9.17) is 11.0 Å². The first-order valence-electron chi connectivity index (χ1n) is 6.45. The molecule has 0 aliphatic rings. The van der Waals surface area contributed by atoms with E-state index in [1.54, 1.807) is 30.3 Å². The minimum absolute atomic E-state index is 0.00509. The SMILES string of the molecule is N#CC(=Cc1cccc(Br)n1)C(=O)NCc1cccc(N)c1. The third-order valence-electron chi connectivity index (χ3n) is 2.80. The number of hydrogen-bond acceptors (Lipinski definition) is 4. The van der Waals surface area contributed by atoms with E-state index in [9.17, 15) is 4.79 Å². The summed E-state index contributed by atoms with van der Waals surface area (Å²) in [4.78, 5) is 16.2. The molecule has 0 aliphatic carbocycles. The topological polar surface area (TPSA) is 91.8 Å². The van der Waals surface area contributed by atoms with Gasteiger partial charge in [0.15, 0.2) is 0 Å². The molecule has 0 atom stereocenters. The van der Waals surface area contributed by atoms with Gasteiger partial charge in [-0.1, -0.05) is 18.2 Å². The second-order valence-electron chi connectivity index (χ2n) is 4.48. The van der Waals surface area contributed by atoms with Crippen molar-refractivity contribution >= 4 is 33.6 Å². The molecule has 0 radical (unpaired) electrons. The predicted molar refractivity (Wildman–Crippen MR) is 88.2 cm³/mol. The average molecular weight is 357 g/mol. The van der Waals surface area contributed by atoms with Crippen molar-refractivity contribution in [2.75, 3.05) is 5.73 Å². The molecule has 110 valence electrons. The van der Waals surface area contributed by atoms with Gasteiger partial charge in [0, 0.05) is 12.2 Å². The molecule has 1 heterocycles. The van der Waals surface area contributed by atoms with Gasteiger partial charge in [0.2, 0.25) is 0 Å². The van der Waals surface area contributed by atoms with Crippen LogP contribution in [0.4, 0.5) is 5.69 Å². The fraction of sp³-hybridized carbons (Fsp3) is 0.0625. The molecule has 0 fully saturated rings. The first kappa shape index (κ1) is 15.7. The lowest BCUT2D eigenvalue weighted by Gasteiger charge is -2.05. The van der Waals surface area contributed by atoms with Crippen LogP contribution in [0, 0.1) is 11.3 Å². The second-order valence-corrected chi connectivity index (χ2v) is 5.30. The number of nitrogens with zero attached hydrogens (tertiary/aromatic N) is 2. The van der Waals surface area contributed by atoms with Gasteiger partial charge in [-0.2, -0.15) is 5.26 Å². The van der Waals surface area contributed by atoms with Gasteiger partial charge in [-0.3, -0.25) is 4.79 Å². The summed E-state index contributed by atoms with van der Waals surface area (Å²) in [5.41, 5.74) is 7.70. The highest BCUT2D eigenvalue weighted by molar-refractivity contribution is 9.10. The molecule has 5 nitrogen and oxygen atoms in total. The van der Waals surface area contributed by atoms with Crippen LogP contribution in [0.1, 0.15) is 11.3 Å². The second kappa shape index (κ2) is 7.38. The summed E-state index contributed by atoms with van der Waals surface area (Å²) in [7, 11) is 0. The molecule has 1 aromatic heterocycles. The van der Waals surface area contributed by atoms with Crippen molar-refractivity contribution in [1.29, 1.82) is 5.26 Å². The molecule has 1 aromatic carbocycles. The minimum Gasteiger partial charge on any atom is -0.399 e. The van der Waals surface area contributed by atoms with Crippen molar-refractivity contribution in [3.8, 4) is 6.07 Å². The van der Waals surface area contributed by atoms with Crippen LogP contribution in [0.15, 0.2) is 52.6 Å². The zero-order valence-corrected chi connectivity index (χ0v) is 13.2. The van der Waals surface area contributed by atoms with E-state index in [0.717, 1.165) is 5.56 Å². The smallest absolute Gasteiger partial charge is 0.262 e. The van der Waals surface area contributed by atoms with Gasteiger partial charge in [-0.05, 0) is 51.8 Å². The van der Waals surface area contributed by atoms with E-state index in [1.807, 2.05) is 18.2 Å². The first-order valence-corrected chi connectivity index (χ1v) is 7.25. The summed E-state index contributed by atoms with van der Waals surface area (Å²) in [5.74, 6) is -0.452. The van der Waals surface area contributed by atoms with Crippen LogP contribution in [-0.4, -0.2) is 10.9 Å². The molecule has 0 spiro atoms. The number of nitrogens with two attached hydrogens (primary N) is 1. The Kier molecular flexibility index (Phi) is 5.28. The Labute approximate surface area is 136 Å². The number of carbonyl (C=O) groups is 1. The maximum atomic E-state index is 12.0. The Morgan fingerprint density at radius 1 is 1.36 bits per heavy atom. The average Bonchev–Trinajstić information content (AvgIpc) is 2.50. The number of nitriles is 1. The lowest BCUT2D eigenvalue weighted by atomic mass is 10.2. The molecule has 1 amide bonds. The molecular formula is C16H13BrN4O. The van der Waals surface area contributed by atoms with Crippen LogP contribution in [-0.2, 0) is 11.3 Å². The van der Waals surface area contributed by atoms with Gasteiger partial charge >= 0.3 is 0 Å². The fourth-order valence-corrected chi connectivity index (χ4v) is 2.14. The zero-order valence-electron chi connectivity index (χ0n) is 11.6. The number of halogens is 1. The summed E-state index contributed by atoms with van der Waals surface area (Å²) in [6.45, 7) is 0.300. The van der Waals surface area contributed by atoms with E-state index in [2.05, 4.69) is 26.2 Å². The molecule has 0 saturated carbocycles. The van der Waals surface area contributed by atoms with Gasteiger partial charge in [0.05, 0.1) is 5.69 Å². The largest absolute Gasteiger partial charge is 0.399 e. The zero-order chi connectivity index (χ0) is 15.9. The Morgan fingerprint density at radius 2 is 2.14 bits per heavy atom. The molecule has 0 unspecified atom stereocenters. The summed E-state index contributed by atoms with van der Waals surface area (Å²) < 4.78 is 0.638. The number of hydrogen-bond donors (Lipinski definition) is 2. The highest BCUT2D eigenvalue weighted by Gasteiger charge is 2.09. The highest BCUT2D eigenvalue weighted by Crippen LogP contribution is 2.10. The number of nitrogens with one attached hydrogen (secondary N) is 1. The first-order chi connectivity index (χ1) is 10.6. The van der Waals surface area contributed by atoms with Crippen molar-refractivity contribution in [2.45, 2.75) is 6.54 Å². The Bertz CT molecular complexity index is 765. The number of benzene rings is 1. The van der Waals surface area contributed by atoms with E-state index in [-0.39, 0.29) is 5.57 Å². The number of aromatic nitrogens is 1. The molecule has 22 heavy (non-hydrogen) atoms. The molecule has 6 heteroatoms. The fourth-order valence-electron chi connectivity index (χ4n) is 1.78. The van der Waals surface area contributed by atoms with Crippen LogP contribution >= 0.6 is 15.9 Å².